The van der Waals surface area contributed by atoms with E-state index in [-0.39, 0.29) is 38.3 Å². The van der Waals surface area contributed by atoms with Gasteiger partial charge in [-0.25, -0.2) is 32.0 Å². The molecule has 1 aliphatic heterocycles. The van der Waals surface area contributed by atoms with Crippen LogP contribution in [0.15, 0.2) is 52.4 Å². The monoisotopic (exact) mass is 780 g/mol. The summed E-state index contributed by atoms with van der Waals surface area (Å²) in [6, 6.07) is 6.81. The van der Waals surface area contributed by atoms with E-state index in [2.05, 4.69) is 20.3 Å². The average Bonchev–Trinajstić information content (AvgIpc) is 3.35. The molecule has 0 bridgehead atoms. The van der Waals surface area contributed by atoms with Gasteiger partial charge >= 0.3 is 18.0 Å². The van der Waals surface area contributed by atoms with Gasteiger partial charge in [0.15, 0.2) is 6.61 Å². The highest BCUT2D eigenvalue weighted by Gasteiger charge is 2.41. The number of unbranched alkanes of at least 4 members (excludes halogenated alkanes) is 2. The quantitative estimate of drug-likeness (QED) is 0.130. The van der Waals surface area contributed by atoms with Crippen molar-refractivity contribution in [1.82, 2.24) is 19.7 Å². The number of urea groups is 1. The SMILES string of the molecule is CCCCCOC(=O)COc1cc(N2C(=O)C3=C(CCCC3)C2=O)c(F)cc1Cl.COc1nc(C)nc(NC(=O)NS(=O)(=O)c2ccccc2Cl)n1. The summed E-state index contributed by atoms with van der Waals surface area (Å²) in [6.45, 7) is 3.49. The first-order chi connectivity index (χ1) is 24.7. The summed E-state index contributed by atoms with van der Waals surface area (Å²) < 4.78 is 55.8. The van der Waals surface area contributed by atoms with Crippen molar-refractivity contribution in [2.24, 2.45) is 0 Å². The van der Waals surface area contributed by atoms with Gasteiger partial charge in [0.25, 0.3) is 21.8 Å². The van der Waals surface area contributed by atoms with Gasteiger partial charge in [0.2, 0.25) is 5.95 Å². The van der Waals surface area contributed by atoms with Gasteiger partial charge in [-0.2, -0.15) is 15.0 Å². The molecule has 1 aromatic heterocycles. The summed E-state index contributed by atoms with van der Waals surface area (Å²) in [5, 5.41) is 2.11. The van der Waals surface area contributed by atoms with Crippen molar-refractivity contribution in [2.45, 2.75) is 63.7 Å². The lowest BCUT2D eigenvalue weighted by Gasteiger charge is -2.18. The Labute approximate surface area is 308 Å². The Morgan fingerprint density at radius 3 is 2.29 bits per heavy atom. The maximum Gasteiger partial charge on any atom is 0.344 e. The minimum Gasteiger partial charge on any atom is -0.480 e. The number of hydrogen-bond donors (Lipinski definition) is 2. The van der Waals surface area contributed by atoms with Crippen LogP contribution in [0, 0.1) is 12.7 Å². The van der Waals surface area contributed by atoms with Crippen molar-refractivity contribution in [1.29, 1.82) is 0 Å². The van der Waals surface area contributed by atoms with Crippen molar-refractivity contribution >= 4 is 68.7 Å². The molecular formula is C33H35Cl2FN6O9S. The van der Waals surface area contributed by atoms with Crippen molar-refractivity contribution < 1.29 is 46.2 Å². The van der Waals surface area contributed by atoms with Crippen LogP contribution in [0.2, 0.25) is 10.0 Å². The van der Waals surface area contributed by atoms with Gasteiger partial charge in [0.05, 0.1) is 29.4 Å². The zero-order chi connectivity index (χ0) is 38.0. The molecule has 2 aliphatic rings. The van der Waals surface area contributed by atoms with Crippen LogP contribution in [0.5, 0.6) is 11.8 Å². The molecule has 1 aliphatic carbocycles. The molecule has 0 spiro atoms. The van der Waals surface area contributed by atoms with E-state index < -0.39 is 46.3 Å². The molecule has 2 N–H and O–H groups in total. The molecule has 2 aromatic carbocycles. The molecular weight excluding hydrogens is 746 g/mol. The minimum atomic E-state index is -4.13. The lowest BCUT2D eigenvalue weighted by atomic mass is 9.93. The molecule has 0 saturated heterocycles. The number of hydrogen-bond acceptors (Lipinski definition) is 12. The van der Waals surface area contributed by atoms with E-state index in [9.17, 15) is 32.0 Å². The molecule has 0 radical (unpaired) electrons. The van der Waals surface area contributed by atoms with Crippen LogP contribution in [0.25, 0.3) is 0 Å². The normalized spacial score (nSPS) is 13.9. The summed E-state index contributed by atoms with van der Waals surface area (Å²) in [7, 11) is -2.78. The Balaban J connectivity index is 0.000000239. The summed E-state index contributed by atoms with van der Waals surface area (Å²) >= 11 is 11.8. The molecule has 52 heavy (non-hydrogen) atoms. The van der Waals surface area contributed by atoms with E-state index >= 15 is 0 Å². The van der Waals surface area contributed by atoms with E-state index in [0.29, 0.717) is 36.4 Å². The third kappa shape index (κ3) is 10.1. The molecule has 2 heterocycles. The Bertz CT molecular complexity index is 1970. The second kappa shape index (κ2) is 18.1. The predicted octanol–water partition coefficient (Wildman–Crippen LogP) is 5.69. The van der Waals surface area contributed by atoms with Crippen LogP contribution >= 0.6 is 23.2 Å². The topological polar surface area (TPSA) is 196 Å². The molecule has 19 heteroatoms. The Hall–Kier alpha value is -4.87. The van der Waals surface area contributed by atoms with Crippen LogP contribution < -0.4 is 24.4 Å². The van der Waals surface area contributed by atoms with Crippen LogP contribution in [0.1, 0.15) is 57.7 Å². The number of rotatable bonds is 12. The lowest BCUT2D eigenvalue weighted by molar-refractivity contribution is -0.146. The van der Waals surface area contributed by atoms with E-state index in [4.69, 9.17) is 37.4 Å². The molecule has 0 atom stereocenters. The summed E-state index contributed by atoms with van der Waals surface area (Å²) in [5.41, 5.74) is 0.674. The zero-order valence-electron chi connectivity index (χ0n) is 28.3. The smallest absolute Gasteiger partial charge is 0.344 e. The number of nitrogens with one attached hydrogen (secondary N) is 2. The number of esters is 1. The number of halogens is 3. The van der Waals surface area contributed by atoms with Crippen molar-refractivity contribution in [2.75, 3.05) is 30.5 Å². The number of nitrogens with zero attached hydrogens (tertiary/aromatic N) is 4. The van der Waals surface area contributed by atoms with Gasteiger partial charge in [-0.1, -0.05) is 55.1 Å². The van der Waals surface area contributed by atoms with Gasteiger partial charge in [-0.15, -0.1) is 0 Å². The predicted molar refractivity (Wildman–Crippen MR) is 187 cm³/mol. The molecule has 0 unspecified atom stereocenters. The Kier molecular flexibility index (Phi) is 13.9. The number of methoxy groups -OCH3 is 1. The third-order valence-electron chi connectivity index (χ3n) is 7.48. The number of benzene rings is 2. The van der Waals surface area contributed by atoms with Crippen molar-refractivity contribution in [3.05, 3.63) is 69.2 Å². The van der Waals surface area contributed by atoms with Gasteiger partial charge in [0.1, 0.15) is 22.3 Å². The van der Waals surface area contributed by atoms with E-state index in [1.165, 1.54) is 31.4 Å². The van der Waals surface area contributed by atoms with Crippen molar-refractivity contribution in [3.63, 3.8) is 0 Å². The molecule has 5 rings (SSSR count). The highest BCUT2D eigenvalue weighted by molar-refractivity contribution is 7.90. The van der Waals surface area contributed by atoms with Crippen LogP contribution in [0.4, 0.5) is 20.8 Å². The second-order valence-electron chi connectivity index (χ2n) is 11.2. The number of aryl methyl sites for hydroxylation is 1. The van der Waals surface area contributed by atoms with E-state index in [0.717, 1.165) is 43.1 Å². The zero-order valence-corrected chi connectivity index (χ0v) is 30.7. The fourth-order valence-corrected chi connectivity index (χ4v) is 6.68. The number of amides is 4. The molecule has 0 fully saturated rings. The lowest BCUT2D eigenvalue weighted by Crippen LogP contribution is -2.35. The van der Waals surface area contributed by atoms with Gasteiger partial charge in [-0.3, -0.25) is 14.9 Å². The third-order valence-corrected chi connectivity index (χ3v) is 9.60. The largest absolute Gasteiger partial charge is 0.480 e. The van der Waals surface area contributed by atoms with Gasteiger partial charge in [0, 0.05) is 17.2 Å². The fourth-order valence-electron chi connectivity index (χ4n) is 5.05. The fraction of sp³-hybridized carbons (Fsp3) is 0.364. The summed E-state index contributed by atoms with van der Waals surface area (Å²) in [4.78, 5) is 61.0. The number of sulfonamides is 1. The number of anilines is 2. The van der Waals surface area contributed by atoms with E-state index in [1.54, 1.807) is 13.0 Å². The number of carbonyl (C=O) groups excluding carboxylic acids is 4. The first-order valence-electron chi connectivity index (χ1n) is 16.0. The number of ether oxygens (including phenoxy) is 3. The van der Waals surface area contributed by atoms with Gasteiger partial charge in [-0.05, 0) is 57.2 Å². The minimum absolute atomic E-state index is 0.000883. The molecule has 3 aromatic rings. The second-order valence-corrected chi connectivity index (χ2v) is 13.7. The van der Waals surface area contributed by atoms with Crippen LogP contribution in [-0.4, -0.2) is 67.5 Å². The summed E-state index contributed by atoms with van der Waals surface area (Å²) in [5.74, 6) is -2.26. The summed E-state index contributed by atoms with van der Waals surface area (Å²) in [6.07, 6.45) is 5.40. The highest BCUT2D eigenvalue weighted by Crippen LogP contribution is 2.39. The van der Waals surface area contributed by atoms with Gasteiger partial charge < -0.3 is 14.2 Å². The first-order valence-corrected chi connectivity index (χ1v) is 18.2. The van der Waals surface area contributed by atoms with Crippen LogP contribution in [0.3, 0.4) is 0 Å². The number of imide groups is 1. The number of aromatic nitrogens is 3. The first kappa shape index (κ1) is 39.9. The highest BCUT2D eigenvalue weighted by atomic mass is 35.5. The Morgan fingerprint density at radius 1 is 0.981 bits per heavy atom. The average molecular weight is 782 g/mol. The van der Waals surface area contributed by atoms with Crippen LogP contribution in [-0.2, 0) is 29.1 Å². The molecule has 4 amide bonds. The standard InChI is InChI=1S/C21H23ClFNO5.C12H12ClN5O4S/c1-2-3-6-9-28-19(25)12-29-18-11-17(16(23)10-15(18)22)24-20(26)13-7-4-5-8-14(13)21(24)27;1-7-14-10(17-12(15-7)22-2)16-11(19)18-23(20,21)9-6-4-3-5-8(9)13/h10-11H,2-9,12H2,1H3;3-6H,1-2H3,(H2,14,15,16,17,18,19). The molecule has 0 saturated carbocycles. The molecule has 15 nitrogen and oxygen atoms in total. The maximum atomic E-state index is 14.5. The maximum absolute atomic E-state index is 14.5. The van der Waals surface area contributed by atoms with Crippen molar-refractivity contribution in [3.8, 4) is 11.8 Å². The Morgan fingerprint density at radius 2 is 1.65 bits per heavy atom. The van der Waals surface area contributed by atoms with E-state index in [1.807, 2.05) is 11.6 Å². The number of carbonyl (C=O) groups is 4. The molecule has 278 valence electrons.